The van der Waals surface area contributed by atoms with E-state index in [1.807, 2.05) is 0 Å². The van der Waals surface area contributed by atoms with E-state index >= 15 is 0 Å². The van der Waals surface area contributed by atoms with Crippen LogP contribution in [0, 0.1) is 10.1 Å². The van der Waals surface area contributed by atoms with Crippen LogP contribution in [0.1, 0.15) is 22.0 Å². The van der Waals surface area contributed by atoms with Gasteiger partial charge in [-0.1, -0.05) is 0 Å². The second-order valence-electron chi connectivity index (χ2n) is 4.09. The van der Waals surface area contributed by atoms with Crippen LogP contribution >= 0.6 is 11.3 Å². The fraction of sp³-hybridized carbons (Fsp3) is 0.154. The minimum Gasteiger partial charge on any atom is -0.387 e. The highest BCUT2D eigenvalue weighted by molar-refractivity contribution is 7.08. The zero-order valence-electron chi connectivity index (χ0n) is 10.4. The number of amides is 1. The van der Waals surface area contributed by atoms with Crippen molar-refractivity contribution in [2.45, 2.75) is 6.10 Å². The number of nitro benzene ring substituents is 1. The molecule has 1 aromatic carbocycles. The van der Waals surface area contributed by atoms with E-state index in [4.69, 9.17) is 0 Å². The number of nitrogens with zero attached hydrogens (tertiary/aromatic N) is 1. The average molecular weight is 292 g/mol. The molecule has 0 spiro atoms. The fourth-order valence-electron chi connectivity index (χ4n) is 1.62. The van der Waals surface area contributed by atoms with Crippen LogP contribution in [0.2, 0.25) is 0 Å². The number of nitrogens with one attached hydrogen (secondary N) is 1. The highest BCUT2D eigenvalue weighted by Gasteiger charge is 2.12. The summed E-state index contributed by atoms with van der Waals surface area (Å²) in [6.07, 6.45) is -0.904. The number of hydrogen-bond acceptors (Lipinski definition) is 5. The molecule has 0 saturated carbocycles. The highest BCUT2D eigenvalue weighted by atomic mass is 32.1. The molecule has 1 amide bonds. The number of thiophene rings is 1. The van der Waals surface area contributed by atoms with Gasteiger partial charge in [0.25, 0.3) is 11.6 Å². The van der Waals surface area contributed by atoms with Crippen LogP contribution < -0.4 is 5.32 Å². The van der Waals surface area contributed by atoms with E-state index in [0.29, 0.717) is 11.1 Å². The van der Waals surface area contributed by atoms with E-state index in [2.05, 4.69) is 5.32 Å². The van der Waals surface area contributed by atoms with Crippen molar-refractivity contribution in [3.05, 3.63) is 62.3 Å². The quantitative estimate of drug-likeness (QED) is 0.652. The molecule has 0 unspecified atom stereocenters. The van der Waals surface area contributed by atoms with Gasteiger partial charge in [0.15, 0.2) is 0 Å². The van der Waals surface area contributed by atoms with E-state index in [1.54, 1.807) is 16.8 Å². The standard InChI is InChI=1S/C13H12N2O4S/c16-12(7-14-13(17)10-5-6-20-8-10)9-1-3-11(4-2-9)15(18)19/h1-6,8,12,16H,7H2,(H,14,17)/t12-/m0/s1. The molecule has 20 heavy (non-hydrogen) atoms. The first-order valence-corrected chi connectivity index (χ1v) is 6.75. The van der Waals surface area contributed by atoms with Gasteiger partial charge in [0, 0.05) is 29.6 Å². The lowest BCUT2D eigenvalue weighted by atomic mass is 10.1. The van der Waals surface area contributed by atoms with Crippen LogP contribution in [0.5, 0.6) is 0 Å². The molecule has 0 fully saturated rings. The monoisotopic (exact) mass is 292 g/mol. The van der Waals surface area contributed by atoms with Gasteiger partial charge in [-0.25, -0.2) is 0 Å². The topological polar surface area (TPSA) is 92.5 Å². The Labute approximate surface area is 118 Å². The summed E-state index contributed by atoms with van der Waals surface area (Å²) in [5.41, 5.74) is 1.02. The Hall–Kier alpha value is -2.25. The Morgan fingerprint density at radius 3 is 2.60 bits per heavy atom. The molecule has 104 valence electrons. The van der Waals surface area contributed by atoms with Crippen LogP contribution in [0.4, 0.5) is 5.69 Å². The summed E-state index contributed by atoms with van der Waals surface area (Å²) in [5, 5.41) is 26.5. The van der Waals surface area contributed by atoms with Crippen molar-refractivity contribution in [2.75, 3.05) is 6.54 Å². The normalized spacial score (nSPS) is 11.8. The lowest BCUT2D eigenvalue weighted by Crippen LogP contribution is -2.28. The molecule has 1 aromatic heterocycles. The zero-order valence-corrected chi connectivity index (χ0v) is 11.2. The summed E-state index contributed by atoms with van der Waals surface area (Å²) >= 11 is 1.42. The smallest absolute Gasteiger partial charge is 0.269 e. The van der Waals surface area contributed by atoms with Gasteiger partial charge in [-0.2, -0.15) is 11.3 Å². The molecule has 0 saturated heterocycles. The summed E-state index contributed by atoms with van der Waals surface area (Å²) in [5.74, 6) is -0.257. The Morgan fingerprint density at radius 1 is 1.35 bits per heavy atom. The Kier molecular flexibility index (Phi) is 4.44. The molecule has 1 atom stereocenters. The lowest BCUT2D eigenvalue weighted by molar-refractivity contribution is -0.384. The number of benzene rings is 1. The highest BCUT2D eigenvalue weighted by Crippen LogP contribution is 2.17. The first kappa shape index (κ1) is 14.2. The van der Waals surface area contributed by atoms with Crippen LogP contribution in [0.15, 0.2) is 41.1 Å². The average Bonchev–Trinajstić information content (AvgIpc) is 2.98. The second kappa shape index (κ2) is 6.27. The van der Waals surface area contributed by atoms with E-state index < -0.39 is 11.0 Å². The number of aliphatic hydroxyl groups excluding tert-OH is 1. The largest absolute Gasteiger partial charge is 0.387 e. The molecule has 0 aliphatic rings. The third-order valence-electron chi connectivity index (χ3n) is 2.73. The number of carbonyl (C=O) groups excluding carboxylic acids is 1. The molecule has 0 radical (unpaired) electrons. The van der Waals surface area contributed by atoms with Crippen molar-refractivity contribution in [3.63, 3.8) is 0 Å². The first-order valence-electron chi connectivity index (χ1n) is 5.81. The Morgan fingerprint density at radius 2 is 2.05 bits per heavy atom. The van der Waals surface area contributed by atoms with Crippen LogP contribution in [0.3, 0.4) is 0 Å². The third-order valence-corrected chi connectivity index (χ3v) is 3.41. The molecule has 0 aliphatic heterocycles. The van der Waals surface area contributed by atoms with E-state index in [0.717, 1.165) is 0 Å². The number of nitro groups is 1. The fourth-order valence-corrected chi connectivity index (χ4v) is 2.26. The molecule has 0 aliphatic carbocycles. The molecule has 7 heteroatoms. The van der Waals surface area contributed by atoms with Crippen molar-refractivity contribution >= 4 is 22.9 Å². The van der Waals surface area contributed by atoms with Crippen molar-refractivity contribution in [2.24, 2.45) is 0 Å². The van der Waals surface area contributed by atoms with Gasteiger partial charge in [-0.05, 0) is 29.1 Å². The number of non-ortho nitro benzene ring substituents is 1. The maximum Gasteiger partial charge on any atom is 0.269 e. The van der Waals surface area contributed by atoms with Crippen LogP contribution in [-0.4, -0.2) is 22.5 Å². The summed E-state index contributed by atoms with van der Waals surface area (Å²) in [6, 6.07) is 7.27. The van der Waals surface area contributed by atoms with E-state index in [-0.39, 0.29) is 18.1 Å². The Bertz CT molecular complexity index is 595. The summed E-state index contributed by atoms with van der Waals surface area (Å²) < 4.78 is 0. The second-order valence-corrected chi connectivity index (χ2v) is 4.87. The van der Waals surface area contributed by atoms with E-state index in [1.165, 1.54) is 35.6 Å². The van der Waals surface area contributed by atoms with Crippen molar-refractivity contribution < 1.29 is 14.8 Å². The van der Waals surface area contributed by atoms with Crippen LogP contribution in [0.25, 0.3) is 0 Å². The predicted molar refractivity (Wildman–Crippen MR) is 74.7 cm³/mol. The molecule has 1 heterocycles. The molecule has 0 bridgehead atoms. The summed E-state index contributed by atoms with van der Waals surface area (Å²) in [4.78, 5) is 21.7. The molecular formula is C13H12N2O4S. The van der Waals surface area contributed by atoms with Crippen molar-refractivity contribution in [1.82, 2.24) is 5.32 Å². The van der Waals surface area contributed by atoms with Gasteiger partial charge in [0.2, 0.25) is 0 Å². The van der Waals surface area contributed by atoms with Gasteiger partial charge < -0.3 is 10.4 Å². The molecule has 2 rings (SSSR count). The molecule has 2 N–H and O–H groups in total. The van der Waals surface area contributed by atoms with Gasteiger partial charge in [0.1, 0.15) is 0 Å². The summed E-state index contributed by atoms with van der Waals surface area (Å²) in [6.45, 7) is 0.0481. The van der Waals surface area contributed by atoms with Crippen molar-refractivity contribution in [1.29, 1.82) is 0 Å². The maximum absolute atomic E-state index is 11.7. The van der Waals surface area contributed by atoms with Gasteiger partial charge in [0.05, 0.1) is 11.0 Å². The van der Waals surface area contributed by atoms with Gasteiger partial charge in [-0.3, -0.25) is 14.9 Å². The zero-order chi connectivity index (χ0) is 14.5. The third kappa shape index (κ3) is 3.40. The summed E-state index contributed by atoms with van der Waals surface area (Å²) in [7, 11) is 0. The maximum atomic E-state index is 11.7. The minimum atomic E-state index is -0.904. The molecular weight excluding hydrogens is 280 g/mol. The minimum absolute atomic E-state index is 0.0386. The lowest BCUT2D eigenvalue weighted by Gasteiger charge is -2.11. The predicted octanol–water partition coefficient (Wildman–Crippen LogP) is 2.12. The van der Waals surface area contributed by atoms with Gasteiger partial charge >= 0.3 is 0 Å². The van der Waals surface area contributed by atoms with E-state index in [9.17, 15) is 20.0 Å². The van der Waals surface area contributed by atoms with Crippen LogP contribution in [-0.2, 0) is 0 Å². The Balaban J connectivity index is 1.93. The number of hydrogen-bond donors (Lipinski definition) is 2. The van der Waals surface area contributed by atoms with Crippen molar-refractivity contribution in [3.8, 4) is 0 Å². The first-order chi connectivity index (χ1) is 9.58. The molecule has 6 nitrogen and oxygen atoms in total. The number of carbonyl (C=O) groups is 1. The SMILES string of the molecule is O=C(NC[C@H](O)c1ccc([N+](=O)[O-])cc1)c1ccsc1. The van der Waals surface area contributed by atoms with Gasteiger partial charge in [-0.15, -0.1) is 0 Å². The molecule has 2 aromatic rings. The number of aliphatic hydroxyl groups is 1. The number of rotatable bonds is 5.